The van der Waals surface area contributed by atoms with Crippen molar-refractivity contribution in [2.45, 2.75) is 10.9 Å². The Morgan fingerprint density at radius 3 is 2.56 bits per heavy atom. The third-order valence-corrected chi connectivity index (χ3v) is 6.30. The van der Waals surface area contributed by atoms with Crippen molar-refractivity contribution in [3.05, 3.63) is 77.3 Å². The predicted molar refractivity (Wildman–Crippen MR) is 125 cm³/mol. The zero-order chi connectivity index (χ0) is 21.9. The van der Waals surface area contributed by atoms with Crippen LogP contribution in [0.25, 0.3) is 17.1 Å². The van der Waals surface area contributed by atoms with Crippen molar-refractivity contribution in [2.24, 2.45) is 0 Å². The van der Waals surface area contributed by atoms with Crippen molar-refractivity contribution < 1.29 is 14.2 Å². The smallest absolute Gasteiger partial charge is 0.196 e. The number of halogens is 1. The molecule has 1 aliphatic rings. The summed E-state index contributed by atoms with van der Waals surface area (Å²) < 4.78 is 18.7. The molecule has 32 heavy (non-hydrogen) atoms. The van der Waals surface area contributed by atoms with E-state index in [-0.39, 0.29) is 0 Å². The summed E-state index contributed by atoms with van der Waals surface area (Å²) in [5.41, 5.74) is 2.97. The molecule has 8 heteroatoms. The van der Waals surface area contributed by atoms with Gasteiger partial charge in [-0.15, -0.1) is 10.2 Å². The highest BCUT2D eigenvalue weighted by atomic mass is 35.5. The van der Waals surface area contributed by atoms with E-state index < -0.39 is 0 Å². The van der Waals surface area contributed by atoms with E-state index in [9.17, 15) is 0 Å². The second kappa shape index (κ2) is 9.14. The highest BCUT2D eigenvalue weighted by Gasteiger charge is 2.19. The molecule has 0 amide bonds. The highest BCUT2D eigenvalue weighted by molar-refractivity contribution is 7.98. The fourth-order valence-electron chi connectivity index (χ4n) is 3.50. The first kappa shape index (κ1) is 20.7. The number of methoxy groups -OCH3 is 1. The minimum atomic E-state index is 0.509. The Morgan fingerprint density at radius 2 is 1.78 bits per heavy atom. The zero-order valence-corrected chi connectivity index (χ0v) is 18.9. The summed E-state index contributed by atoms with van der Waals surface area (Å²) in [6, 6.07) is 21.8. The molecule has 0 atom stereocenters. The molecule has 5 rings (SSSR count). The Kier molecular flexibility index (Phi) is 5.92. The molecule has 0 bridgehead atoms. The van der Waals surface area contributed by atoms with Crippen molar-refractivity contribution in [1.29, 1.82) is 0 Å². The SMILES string of the molecule is COc1ccc(-c2nnc(SCc3cc(Cl)c4c(c3)OCCO4)n2-c2ccccc2)cc1. The number of rotatable bonds is 6. The fraction of sp³-hybridized carbons (Fsp3) is 0.167. The van der Waals surface area contributed by atoms with Gasteiger partial charge in [-0.05, 0) is 54.1 Å². The number of para-hydroxylation sites is 1. The van der Waals surface area contributed by atoms with E-state index in [0.717, 1.165) is 33.5 Å². The molecule has 6 nitrogen and oxygen atoms in total. The lowest BCUT2D eigenvalue weighted by Gasteiger charge is -2.20. The maximum atomic E-state index is 6.41. The molecule has 0 radical (unpaired) electrons. The lowest BCUT2D eigenvalue weighted by molar-refractivity contribution is 0.171. The summed E-state index contributed by atoms with van der Waals surface area (Å²) in [7, 11) is 1.65. The average molecular weight is 466 g/mol. The van der Waals surface area contributed by atoms with Crippen LogP contribution < -0.4 is 14.2 Å². The largest absolute Gasteiger partial charge is 0.497 e. The second-order valence-corrected chi connectivity index (χ2v) is 8.45. The number of hydrogen-bond donors (Lipinski definition) is 0. The molecule has 0 unspecified atom stereocenters. The van der Waals surface area contributed by atoms with E-state index in [2.05, 4.69) is 14.8 Å². The molecule has 4 aromatic rings. The minimum Gasteiger partial charge on any atom is -0.497 e. The Labute approximate surface area is 195 Å². The van der Waals surface area contributed by atoms with Gasteiger partial charge in [-0.25, -0.2) is 0 Å². The molecule has 0 spiro atoms. The van der Waals surface area contributed by atoms with Crippen LogP contribution in [0.1, 0.15) is 5.56 Å². The molecule has 0 N–H and O–H groups in total. The number of ether oxygens (including phenoxy) is 3. The maximum Gasteiger partial charge on any atom is 0.196 e. The van der Waals surface area contributed by atoms with Crippen LogP contribution in [0.4, 0.5) is 0 Å². The molecule has 3 aromatic carbocycles. The van der Waals surface area contributed by atoms with E-state index in [1.807, 2.05) is 66.7 Å². The molecule has 162 valence electrons. The summed E-state index contributed by atoms with van der Waals surface area (Å²) in [6.07, 6.45) is 0. The number of fused-ring (bicyclic) bond motifs is 1. The minimum absolute atomic E-state index is 0.509. The van der Waals surface area contributed by atoms with Gasteiger partial charge >= 0.3 is 0 Å². The van der Waals surface area contributed by atoms with E-state index >= 15 is 0 Å². The first-order valence-corrected chi connectivity index (χ1v) is 11.5. The number of benzene rings is 3. The third-order valence-electron chi connectivity index (χ3n) is 5.02. The number of hydrogen-bond acceptors (Lipinski definition) is 6. The monoisotopic (exact) mass is 465 g/mol. The first-order valence-electron chi connectivity index (χ1n) is 10.1. The third kappa shape index (κ3) is 4.13. The summed E-state index contributed by atoms with van der Waals surface area (Å²) in [5, 5.41) is 10.3. The van der Waals surface area contributed by atoms with E-state index in [1.54, 1.807) is 18.9 Å². The van der Waals surface area contributed by atoms with E-state index in [0.29, 0.717) is 35.5 Å². The van der Waals surface area contributed by atoms with Crippen LogP contribution >= 0.6 is 23.4 Å². The Balaban J connectivity index is 1.48. The number of thioether (sulfide) groups is 1. The van der Waals surface area contributed by atoms with Gasteiger partial charge in [-0.2, -0.15) is 0 Å². The lowest BCUT2D eigenvalue weighted by Crippen LogP contribution is -2.15. The summed E-state index contributed by atoms with van der Waals surface area (Å²) in [4.78, 5) is 0. The molecule has 0 saturated carbocycles. The van der Waals surface area contributed by atoms with Crippen molar-refractivity contribution in [2.75, 3.05) is 20.3 Å². The van der Waals surface area contributed by atoms with E-state index in [1.165, 1.54) is 0 Å². The maximum absolute atomic E-state index is 6.41. The standard InChI is InChI=1S/C24H20ClN3O3S/c1-29-19-9-7-17(8-10-19)23-26-27-24(28(23)18-5-3-2-4-6-18)32-15-16-13-20(25)22-21(14-16)30-11-12-31-22/h2-10,13-14H,11-12,15H2,1H3. The van der Waals surface area contributed by atoms with Crippen molar-refractivity contribution >= 4 is 23.4 Å². The van der Waals surface area contributed by atoms with Crippen molar-refractivity contribution in [3.8, 4) is 34.3 Å². The predicted octanol–water partition coefficient (Wildman–Crippen LogP) is 5.66. The average Bonchev–Trinajstić information content (AvgIpc) is 3.27. The normalized spacial score (nSPS) is 12.6. The summed E-state index contributed by atoms with van der Waals surface area (Å²) >= 11 is 7.99. The van der Waals surface area contributed by atoms with Gasteiger partial charge in [-0.3, -0.25) is 4.57 Å². The van der Waals surface area contributed by atoms with Gasteiger partial charge in [-0.1, -0.05) is 41.6 Å². The Hall–Kier alpha value is -3.16. The van der Waals surface area contributed by atoms with Crippen LogP contribution in [-0.2, 0) is 5.75 Å². The molecule has 1 aromatic heterocycles. The van der Waals surface area contributed by atoms with Crippen molar-refractivity contribution in [1.82, 2.24) is 14.8 Å². The van der Waals surface area contributed by atoms with Crippen LogP contribution in [0, 0.1) is 0 Å². The summed E-state index contributed by atoms with van der Waals surface area (Å²) in [6.45, 7) is 1.03. The molecule has 0 saturated heterocycles. The van der Waals surface area contributed by atoms with Gasteiger partial charge in [0.05, 0.1) is 12.1 Å². The topological polar surface area (TPSA) is 58.4 Å². The van der Waals surface area contributed by atoms with E-state index in [4.69, 9.17) is 25.8 Å². The second-order valence-electron chi connectivity index (χ2n) is 7.10. The molecule has 0 fully saturated rings. The number of nitrogens with zero attached hydrogens (tertiary/aromatic N) is 3. The molecule has 2 heterocycles. The van der Waals surface area contributed by atoms with Gasteiger partial charge in [0.2, 0.25) is 0 Å². The van der Waals surface area contributed by atoms with Crippen LogP contribution in [0.3, 0.4) is 0 Å². The molecule has 0 aliphatic carbocycles. The van der Waals surface area contributed by atoms with Crippen LogP contribution in [-0.4, -0.2) is 35.1 Å². The van der Waals surface area contributed by atoms with Gasteiger partial charge < -0.3 is 14.2 Å². The molecule has 1 aliphatic heterocycles. The van der Waals surface area contributed by atoms with Gasteiger partial charge in [0.25, 0.3) is 0 Å². The van der Waals surface area contributed by atoms with Gasteiger partial charge in [0, 0.05) is 17.0 Å². The summed E-state index contributed by atoms with van der Waals surface area (Å²) in [5.74, 6) is 3.51. The van der Waals surface area contributed by atoms with Crippen LogP contribution in [0.15, 0.2) is 71.9 Å². The Bertz CT molecular complexity index is 1230. The van der Waals surface area contributed by atoms with Gasteiger partial charge in [0.1, 0.15) is 19.0 Å². The lowest BCUT2D eigenvalue weighted by atomic mass is 10.2. The van der Waals surface area contributed by atoms with Crippen molar-refractivity contribution in [3.63, 3.8) is 0 Å². The zero-order valence-electron chi connectivity index (χ0n) is 17.3. The fourth-order valence-corrected chi connectivity index (χ4v) is 4.67. The first-order chi connectivity index (χ1) is 15.7. The number of aromatic nitrogens is 3. The molecular weight excluding hydrogens is 446 g/mol. The Morgan fingerprint density at radius 1 is 1.00 bits per heavy atom. The molecular formula is C24H20ClN3O3S. The van der Waals surface area contributed by atoms with Crippen LogP contribution in [0.5, 0.6) is 17.2 Å². The van der Waals surface area contributed by atoms with Crippen LogP contribution in [0.2, 0.25) is 5.02 Å². The highest BCUT2D eigenvalue weighted by Crippen LogP contribution is 2.40. The van der Waals surface area contributed by atoms with Gasteiger partial charge in [0.15, 0.2) is 22.5 Å². The quantitative estimate of drug-likeness (QED) is 0.342.